The highest BCUT2D eigenvalue weighted by molar-refractivity contribution is 7.89. The first-order valence-electron chi connectivity index (χ1n) is 9.36. The number of rotatable bonds is 3. The topological polar surface area (TPSA) is 61.2 Å². The number of aryl methyl sites for hydroxylation is 3. The summed E-state index contributed by atoms with van der Waals surface area (Å²) in [6, 6.07) is 12.9. The van der Waals surface area contributed by atoms with Gasteiger partial charge in [-0.1, -0.05) is 6.07 Å². The summed E-state index contributed by atoms with van der Waals surface area (Å²) in [6.45, 7) is 7.95. The number of hydrogen-bond acceptors (Lipinski definition) is 4. The van der Waals surface area contributed by atoms with Crippen LogP contribution in [0.25, 0.3) is 11.3 Å². The molecule has 5 nitrogen and oxygen atoms in total. The molecule has 2 aromatic carbocycles. The van der Waals surface area contributed by atoms with Crippen molar-refractivity contribution in [3.63, 3.8) is 0 Å². The Morgan fingerprint density at radius 2 is 1.75 bits per heavy atom. The summed E-state index contributed by atoms with van der Waals surface area (Å²) in [5.74, 6) is 0.891. The van der Waals surface area contributed by atoms with Gasteiger partial charge in [-0.3, -0.25) is 0 Å². The van der Waals surface area contributed by atoms with E-state index in [-0.39, 0.29) is 10.5 Å². The molecule has 0 fully saturated rings. The average molecular weight is 397 g/mol. The van der Waals surface area contributed by atoms with Crippen LogP contribution < -0.4 is 4.74 Å². The minimum atomic E-state index is -3.72. The van der Waals surface area contributed by atoms with Gasteiger partial charge in [0.25, 0.3) is 10.0 Å². The Bertz CT molecular complexity index is 1140. The number of benzene rings is 2. The standard InChI is InChI=1S/C22H24N2O3S/c1-15-11-16(2)13-19(12-15)28(25,26)24-10-8-20(23-24)17-5-6-21-18(14-17)7-9-22(3,4)27-21/h5-6,8,10-14H,7,9H2,1-4H3. The van der Waals surface area contributed by atoms with Crippen LogP contribution in [0.1, 0.15) is 37.0 Å². The van der Waals surface area contributed by atoms with E-state index in [4.69, 9.17) is 4.74 Å². The Kier molecular flexibility index (Phi) is 4.34. The van der Waals surface area contributed by atoms with Crippen molar-refractivity contribution < 1.29 is 13.2 Å². The first-order valence-corrected chi connectivity index (χ1v) is 10.8. The monoisotopic (exact) mass is 396 g/mol. The van der Waals surface area contributed by atoms with Crippen molar-refractivity contribution in [1.29, 1.82) is 0 Å². The zero-order valence-electron chi connectivity index (χ0n) is 16.6. The molecule has 1 aromatic heterocycles. The number of aromatic nitrogens is 2. The highest BCUT2D eigenvalue weighted by Gasteiger charge is 2.27. The maximum atomic E-state index is 13.0. The van der Waals surface area contributed by atoms with Crippen molar-refractivity contribution in [2.24, 2.45) is 0 Å². The van der Waals surface area contributed by atoms with Crippen molar-refractivity contribution in [3.05, 3.63) is 65.4 Å². The fraction of sp³-hybridized carbons (Fsp3) is 0.318. The Morgan fingerprint density at radius 3 is 2.46 bits per heavy atom. The molecule has 6 heteroatoms. The fourth-order valence-corrected chi connectivity index (χ4v) is 4.91. The van der Waals surface area contributed by atoms with Crippen molar-refractivity contribution in [1.82, 2.24) is 9.19 Å². The Labute approximate surface area is 166 Å². The van der Waals surface area contributed by atoms with Gasteiger partial charge in [-0.15, -0.1) is 0 Å². The van der Waals surface area contributed by atoms with E-state index in [1.54, 1.807) is 18.2 Å². The SMILES string of the molecule is Cc1cc(C)cc(S(=O)(=O)n2ccc(-c3ccc4c(c3)CCC(C)(C)O4)n2)c1. The minimum Gasteiger partial charge on any atom is -0.488 e. The van der Waals surface area contributed by atoms with E-state index in [1.165, 1.54) is 6.20 Å². The predicted octanol–water partition coefficient (Wildman–Crippen LogP) is 4.51. The molecule has 2 heterocycles. The maximum Gasteiger partial charge on any atom is 0.282 e. The lowest BCUT2D eigenvalue weighted by Crippen LogP contribution is -2.32. The molecule has 0 aliphatic carbocycles. The number of hydrogen-bond donors (Lipinski definition) is 0. The first kappa shape index (κ1) is 18.7. The van der Waals surface area contributed by atoms with Crippen molar-refractivity contribution in [2.75, 3.05) is 0 Å². The summed E-state index contributed by atoms with van der Waals surface area (Å²) < 4.78 is 33.0. The molecule has 28 heavy (non-hydrogen) atoms. The fourth-order valence-electron chi connectivity index (χ4n) is 3.60. The summed E-state index contributed by atoms with van der Waals surface area (Å²) in [7, 11) is -3.72. The lowest BCUT2D eigenvalue weighted by atomic mass is 9.93. The molecule has 0 amide bonds. The number of fused-ring (bicyclic) bond motifs is 1. The molecule has 0 bridgehead atoms. The van der Waals surface area contributed by atoms with E-state index in [9.17, 15) is 8.42 Å². The van der Waals surface area contributed by atoms with Crippen LogP contribution in [0.3, 0.4) is 0 Å². The highest BCUT2D eigenvalue weighted by Crippen LogP contribution is 2.35. The van der Waals surface area contributed by atoms with Gasteiger partial charge in [0, 0.05) is 11.8 Å². The molecule has 0 atom stereocenters. The van der Waals surface area contributed by atoms with E-state index < -0.39 is 10.0 Å². The molecule has 146 valence electrons. The van der Waals surface area contributed by atoms with Crippen molar-refractivity contribution >= 4 is 10.0 Å². The van der Waals surface area contributed by atoms with Crippen LogP contribution in [0.15, 0.2) is 53.6 Å². The van der Waals surface area contributed by atoms with Crippen LogP contribution in [0.5, 0.6) is 5.75 Å². The predicted molar refractivity (Wildman–Crippen MR) is 109 cm³/mol. The minimum absolute atomic E-state index is 0.157. The molecule has 0 N–H and O–H groups in total. The quantitative estimate of drug-likeness (QED) is 0.654. The molecule has 0 radical (unpaired) electrons. The third-order valence-corrected chi connectivity index (χ3v) is 6.57. The second-order valence-corrected chi connectivity index (χ2v) is 9.88. The summed E-state index contributed by atoms with van der Waals surface area (Å²) in [5, 5.41) is 4.35. The highest BCUT2D eigenvalue weighted by atomic mass is 32.2. The van der Waals surface area contributed by atoms with Crippen molar-refractivity contribution in [2.45, 2.75) is 51.0 Å². The van der Waals surface area contributed by atoms with Gasteiger partial charge in [0.05, 0.1) is 10.6 Å². The first-order chi connectivity index (χ1) is 13.1. The summed E-state index contributed by atoms with van der Waals surface area (Å²) in [4.78, 5) is 0.251. The van der Waals surface area contributed by atoms with Gasteiger partial charge in [-0.2, -0.15) is 17.6 Å². The summed E-state index contributed by atoms with van der Waals surface area (Å²) in [5.41, 5.74) is 4.29. The van der Waals surface area contributed by atoms with Gasteiger partial charge in [0.1, 0.15) is 11.4 Å². The molecule has 0 saturated carbocycles. The van der Waals surface area contributed by atoms with E-state index in [1.807, 2.05) is 38.1 Å². The maximum absolute atomic E-state index is 13.0. The van der Waals surface area contributed by atoms with E-state index in [0.29, 0.717) is 5.69 Å². The van der Waals surface area contributed by atoms with Crippen LogP contribution in [0, 0.1) is 13.8 Å². The zero-order valence-corrected chi connectivity index (χ0v) is 17.4. The van der Waals surface area contributed by atoms with Crippen LogP contribution >= 0.6 is 0 Å². The molecule has 0 unspecified atom stereocenters. The van der Waals surface area contributed by atoms with Gasteiger partial charge in [-0.05, 0) is 93.6 Å². The third-order valence-electron chi connectivity index (χ3n) is 5.04. The van der Waals surface area contributed by atoms with Gasteiger partial charge in [-0.25, -0.2) is 0 Å². The molecular formula is C22H24N2O3S. The number of nitrogens with zero attached hydrogens (tertiary/aromatic N) is 2. The third kappa shape index (κ3) is 3.44. The molecular weight excluding hydrogens is 372 g/mol. The Morgan fingerprint density at radius 1 is 1.04 bits per heavy atom. The van der Waals surface area contributed by atoms with Gasteiger partial charge in [0.15, 0.2) is 0 Å². The second-order valence-electron chi connectivity index (χ2n) is 8.09. The van der Waals surface area contributed by atoms with Gasteiger partial charge >= 0.3 is 0 Å². The van der Waals surface area contributed by atoms with Gasteiger partial charge < -0.3 is 4.74 Å². The van der Waals surface area contributed by atoms with Crippen LogP contribution in [-0.4, -0.2) is 23.2 Å². The lowest BCUT2D eigenvalue weighted by Gasteiger charge is -2.32. The summed E-state index contributed by atoms with van der Waals surface area (Å²) in [6.07, 6.45) is 3.37. The molecule has 3 aromatic rings. The van der Waals surface area contributed by atoms with E-state index in [2.05, 4.69) is 18.9 Å². The smallest absolute Gasteiger partial charge is 0.282 e. The normalized spacial score (nSPS) is 15.7. The lowest BCUT2D eigenvalue weighted by molar-refractivity contribution is 0.0847. The molecule has 0 spiro atoms. The zero-order chi connectivity index (χ0) is 20.1. The van der Waals surface area contributed by atoms with E-state index >= 15 is 0 Å². The van der Waals surface area contributed by atoms with Gasteiger partial charge in [0.2, 0.25) is 0 Å². The van der Waals surface area contributed by atoms with Crippen LogP contribution in [0.2, 0.25) is 0 Å². The van der Waals surface area contributed by atoms with Crippen LogP contribution in [0.4, 0.5) is 0 Å². The largest absolute Gasteiger partial charge is 0.488 e. The Hall–Kier alpha value is -2.60. The average Bonchev–Trinajstić information content (AvgIpc) is 3.10. The number of ether oxygens (including phenoxy) is 1. The molecule has 0 saturated heterocycles. The van der Waals surface area contributed by atoms with Crippen LogP contribution in [-0.2, 0) is 16.4 Å². The molecule has 1 aliphatic heterocycles. The van der Waals surface area contributed by atoms with Crippen molar-refractivity contribution in [3.8, 4) is 17.0 Å². The molecule has 4 rings (SSSR count). The second kappa shape index (κ2) is 6.48. The van der Waals surface area contributed by atoms with E-state index in [0.717, 1.165) is 44.9 Å². The molecule has 1 aliphatic rings. The Balaban J connectivity index is 1.68. The summed E-state index contributed by atoms with van der Waals surface area (Å²) >= 11 is 0.